The number of carbonyl (C=O) groups is 2. The number of ether oxygens (including phenoxy) is 1. The predicted molar refractivity (Wildman–Crippen MR) is 129 cm³/mol. The minimum Gasteiger partial charge on any atom is -0.497 e. The molecule has 0 unspecified atom stereocenters. The molecule has 9 nitrogen and oxygen atoms in total. The summed E-state index contributed by atoms with van der Waals surface area (Å²) in [7, 11) is 1.59. The Morgan fingerprint density at radius 2 is 1.65 bits per heavy atom. The van der Waals surface area contributed by atoms with Crippen LogP contribution in [-0.2, 0) is 11.2 Å². The second-order valence-corrected chi connectivity index (χ2v) is 7.55. The van der Waals surface area contributed by atoms with E-state index in [0.717, 1.165) is 16.9 Å². The molecule has 0 radical (unpaired) electrons. The molecule has 0 saturated heterocycles. The first-order valence-electron chi connectivity index (χ1n) is 10.4. The molecule has 0 aliphatic heterocycles. The largest absolute Gasteiger partial charge is 0.497 e. The van der Waals surface area contributed by atoms with E-state index in [0.29, 0.717) is 17.0 Å². The second-order valence-electron chi connectivity index (χ2n) is 7.55. The van der Waals surface area contributed by atoms with Crippen molar-refractivity contribution in [2.75, 3.05) is 12.4 Å². The number of aryl methyl sites for hydroxylation is 1. The fourth-order valence-corrected chi connectivity index (χ4v) is 3.14. The van der Waals surface area contributed by atoms with Crippen molar-refractivity contribution in [2.45, 2.75) is 20.3 Å². The van der Waals surface area contributed by atoms with Crippen LogP contribution in [0.2, 0.25) is 0 Å². The number of rotatable bonds is 8. The molecule has 0 saturated carbocycles. The van der Waals surface area contributed by atoms with Crippen molar-refractivity contribution in [3.8, 4) is 5.75 Å². The Labute approximate surface area is 196 Å². The average molecular weight is 460 g/mol. The number of hydrogen-bond acceptors (Lipinski definition) is 6. The van der Waals surface area contributed by atoms with Crippen molar-refractivity contribution in [1.82, 2.24) is 5.43 Å². The summed E-state index contributed by atoms with van der Waals surface area (Å²) < 4.78 is 5.11. The zero-order valence-electron chi connectivity index (χ0n) is 19.0. The van der Waals surface area contributed by atoms with Crippen LogP contribution in [0.4, 0.5) is 11.4 Å². The minimum absolute atomic E-state index is 0.127. The standard InChI is InChI=1S/C25H24N4O5/c1-16-4-7-20(15-23(16)29(32)33)25(31)28-27-17(2)19-8-10-21(11-9-19)26-24(30)14-18-5-12-22(34-3)13-6-18/h4-13,15H,14H2,1-3H3,(H,26,30)(H,28,31)/b27-17-. The second kappa shape index (κ2) is 10.9. The quantitative estimate of drug-likeness (QED) is 0.296. The van der Waals surface area contributed by atoms with E-state index in [2.05, 4.69) is 15.8 Å². The van der Waals surface area contributed by atoms with Gasteiger partial charge in [-0.1, -0.05) is 30.3 Å². The van der Waals surface area contributed by atoms with Crippen molar-refractivity contribution < 1.29 is 19.2 Å². The van der Waals surface area contributed by atoms with Gasteiger partial charge in [0.2, 0.25) is 5.91 Å². The van der Waals surface area contributed by atoms with Gasteiger partial charge < -0.3 is 10.1 Å². The zero-order chi connectivity index (χ0) is 24.7. The van der Waals surface area contributed by atoms with Gasteiger partial charge in [-0.2, -0.15) is 5.10 Å². The molecule has 34 heavy (non-hydrogen) atoms. The number of methoxy groups -OCH3 is 1. The maximum absolute atomic E-state index is 12.3. The molecule has 2 amide bonds. The highest BCUT2D eigenvalue weighted by molar-refractivity contribution is 6.01. The molecule has 2 N–H and O–H groups in total. The van der Waals surface area contributed by atoms with Gasteiger partial charge in [0.15, 0.2) is 0 Å². The lowest BCUT2D eigenvalue weighted by Gasteiger charge is -2.08. The molecule has 0 atom stereocenters. The highest BCUT2D eigenvalue weighted by Crippen LogP contribution is 2.19. The summed E-state index contributed by atoms with van der Waals surface area (Å²) in [6.45, 7) is 3.32. The van der Waals surface area contributed by atoms with E-state index in [1.165, 1.54) is 18.2 Å². The number of benzene rings is 3. The Morgan fingerprint density at radius 1 is 1.00 bits per heavy atom. The van der Waals surface area contributed by atoms with Crippen LogP contribution >= 0.6 is 0 Å². The van der Waals surface area contributed by atoms with Gasteiger partial charge in [-0.3, -0.25) is 19.7 Å². The minimum atomic E-state index is -0.551. The lowest BCUT2D eigenvalue weighted by molar-refractivity contribution is -0.385. The van der Waals surface area contributed by atoms with Crippen molar-refractivity contribution in [1.29, 1.82) is 0 Å². The van der Waals surface area contributed by atoms with Gasteiger partial charge in [0.05, 0.1) is 24.2 Å². The van der Waals surface area contributed by atoms with Crippen LogP contribution < -0.4 is 15.5 Å². The number of carbonyl (C=O) groups excluding carboxylic acids is 2. The number of hydrogen-bond donors (Lipinski definition) is 2. The third kappa shape index (κ3) is 6.26. The number of nitrogens with one attached hydrogen (secondary N) is 2. The molecular formula is C25H24N4O5. The molecule has 0 fully saturated rings. The molecule has 0 spiro atoms. The van der Waals surface area contributed by atoms with Crippen LogP contribution in [0.1, 0.15) is 34.0 Å². The van der Waals surface area contributed by atoms with Crippen molar-refractivity contribution >= 4 is 28.9 Å². The van der Waals surface area contributed by atoms with Crippen LogP contribution in [0, 0.1) is 17.0 Å². The highest BCUT2D eigenvalue weighted by atomic mass is 16.6. The molecule has 3 rings (SSSR count). The molecule has 0 aromatic heterocycles. The van der Waals surface area contributed by atoms with Gasteiger partial charge in [-0.25, -0.2) is 5.43 Å². The summed E-state index contributed by atoms with van der Waals surface area (Å²) >= 11 is 0. The van der Waals surface area contributed by atoms with Crippen LogP contribution in [0.15, 0.2) is 71.8 Å². The third-order valence-corrected chi connectivity index (χ3v) is 5.10. The number of nitrogens with zero attached hydrogens (tertiary/aromatic N) is 2. The molecule has 0 bridgehead atoms. The van der Waals surface area contributed by atoms with Crippen LogP contribution in [0.3, 0.4) is 0 Å². The first-order chi connectivity index (χ1) is 16.3. The van der Waals surface area contributed by atoms with Gasteiger partial charge in [-0.05, 0) is 55.3 Å². The summed E-state index contributed by atoms with van der Waals surface area (Å²) in [6.07, 6.45) is 0.232. The van der Waals surface area contributed by atoms with Gasteiger partial charge in [0, 0.05) is 22.9 Å². The molecule has 0 aliphatic carbocycles. The summed E-state index contributed by atoms with van der Waals surface area (Å²) in [6, 6.07) is 18.5. The van der Waals surface area contributed by atoms with Crippen LogP contribution in [0.5, 0.6) is 5.75 Å². The maximum Gasteiger partial charge on any atom is 0.273 e. The Hall–Kier alpha value is -4.53. The zero-order valence-corrected chi connectivity index (χ0v) is 19.0. The van der Waals surface area contributed by atoms with Gasteiger partial charge in [-0.15, -0.1) is 0 Å². The first-order valence-corrected chi connectivity index (χ1v) is 10.4. The highest BCUT2D eigenvalue weighted by Gasteiger charge is 2.15. The van der Waals surface area contributed by atoms with Crippen molar-refractivity contribution in [3.63, 3.8) is 0 Å². The lowest BCUT2D eigenvalue weighted by atomic mass is 10.1. The van der Waals surface area contributed by atoms with E-state index in [1.807, 2.05) is 12.1 Å². The molecule has 0 aliphatic rings. The third-order valence-electron chi connectivity index (χ3n) is 5.10. The topological polar surface area (TPSA) is 123 Å². The SMILES string of the molecule is COc1ccc(CC(=O)Nc2ccc(/C(C)=N\NC(=O)c3ccc(C)c([N+](=O)[O-])c3)cc2)cc1. The van der Waals surface area contributed by atoms with E-state index in [9.17, 15) is 19.7 Å². The van der Waals surface area contributed by atoms with Crippen LogP contribution in [0.25, 0.3) is 0 Å². The van der Waals surface area contributed by atoms with Gasteiger partial charge in [0.25, 0.3) is 11.6 Å². The van der Waals surface area contributed by atoms with Gasteiger partial charge in [0.1, 0.15) is 5.75 Å². The normalized spacial score (nSPS) is 11.0. The van der Waals surface area contributed by atoms with Crippen LogP contribution in [-0.4, -0.2) is 29.6 Å². The van der Waals surface area contributed by atoms with Gasteiger partial charge >= 0.3 is 0 Å². The molecule has 3 aromatic carbocycles. The number of nitro benzene ring substituents is 1. The average Bonchev–Trinajstić information content (AvgIpc) is 2.83. The Morgan fingerprint density at radius 3 is 2.26 bits per heavy atom. The Kier molecular flexibility index (Phi) is 7.71. The number of nitro groups is 1. The molecule has 174 valence electrons. The van der Waals surface area contributed by atoms with Crippen molar-refractivity contribution in [3.05, 3.63) is 99.1 Å². The Bertz CT molecular complexity index is 1240. The predicted octanol–water partition coefficient (Wildman–Crippen LogP) is 4.25. The molecule has 0 heterocycles. The number of anilines is 1. The summed E-state index contributed by atoms with van der Waals surface area (Å²) in [4.78, 5) is 35.2. The monoisotopic (exact) mass is 460 g/mol. The molecule has 9 heteroatoms. The van der Waals surface area contributed by atoms with E-state index in [1.54, 1.807) is 57.4 Å². The summed E-state index contributed by atoms with van der Waals surface area (Å²) in [5.41, 5.74) is 5.67. The van der Waals surface area contributed by atoms with E-state index in [-0.39, 0.29) is 23.6 Å². The number of amides is 2. The maximum atomic E-state index is 12.3. The lowest BCUT2D eigenvalue weighted by Crippen LogP contribution is -2.19. The molecule has 3 aromatic rings. The van der Waals surface area contributed by atoms with E-state index in [4.69, 9.17) is 4.74 Å². The summed E-state index contributed by atoms with van der Waals surface area (Å²) in [5.74, 6) is 0.0285. The van der Waals surface area contributed by atoms with Crippen molar-refractivity contribution in [2.24, 2.45) is 5.10 Å². The fraction of sp³-hybridized carbons (Fsp3) is 0.160. The first kappa shape index (κ1) is 24.1. The van der Waals surface area contributed by atoms with E-state index >= 15 is 0 Å². The smallest absolute Gasteiger partial charge is 0.273 e. The number of hydrazone groups is 1. The van der Waals surface area contributed by atoms with E-state index < -0.39 is 10.8 Å². The fourth-order valence-electron chi connectivity index (χ4n) is 3.14. The molecular weight excluding hydrogens is 436 g/mol. The Balaban J connectivity index is 1.59. The summed E-state index contributed by atoms with van der Waals surface area (Å²) in [5, 5.41) is 18.0.